The minimum atomic E-state index is -0.836. The van der Waals surface area contributed by atoms with Crippen LogP contribution in [-0.4, -0.2) is 133 Å². The molecule has 2 saturated heterocycles. The van der Waals surface area contributed by atoms with E-state index in [2.05, 4.69) is 50.4 Å². The lowest BCUT2D eigenvalue weighted by molar-refractivity contribution is -0.193. The van der Waals surface area contributed by atoms with Gasteiger partial charge in [-0.1, -0.05) is 27.2 Å². The van der Waals surface area contributed by atoms with Crippen LogP contribution in [0.4, 0.5) is 0 Å². The van der Waals surface area contributed by atoms with Crippen molar-refractivity contribution in [2.75, 3.05) is 54.0 Å². The van der Waals surface area contributed by atoms with E-state index in [0.717, 1.165) is 64.3 Å². The summed E-state index contributed by atoms with van der Waals surface area (Å²) in [7, 11) is 6.01. The maximum Gasteiger partial charge on any atom is 0.240 e. The molecule has 5 aliphatic carbocycles. The largest absolute Gasteiger partial charge is 0.394 e. The highest BCUT2D eigenvalue weighted by atomic mass is 16.7. The number of hydrogen-bond donors (Lipinski definition) is 4. The number of methoxy groups -OCH3 is 1. The number of hydrogen-bond acceptors (Lipinski definition) is 9. The van der Waals surface area contributed by atoms with Gasteiger partial charge in [0.1, 0.15) is 12.1 Å². The third kappa shape index (κ3) is 8.48. The minimum Gasteiger partial charge on any atom is -0.394 e. The van der Waals surface area contributed by atoms with E-state index >= 15 is 0 Å². The molecule has 0 spiro atoms. The van der Waals surface area contributed by atoms with Crippen molar-refractivity contribution >= 4 is 17.7 Å². The summed E-state index contributed by atoms with van der Waals surface area (Å²) in [5.74, 6) is 1.79. The van der Waals surface area contributed by atoms with Crippen LogP contribution in [0, 0.1) is 52.8 Å². The Kier molecular flexibility index (Phi) is 13.2. The number of fused-ring (bicyclic) bond motifs is 2. The van der Waals surface area contributed by atoms with E-state index in [1.807, 2.05) is 4.90 Å². The molecule has 6 unspecified atom stereocenters. The molecule has 2 heterocycles. The molecule has 2 bridgehead atoms. The van der Waals surface area contributed by atoms with Crippen LogP contribution in [0.1, 0.15) is 98.3 Å². The third-order valence-corrected chi connectivity index (χ3v) is 15.2. The van der Waals surface area contributed by atoms with Crippen LogP contribution in [-0.2, 0) is 24.0 Å². The van der Waals surface area contributed by atoms with Gasteiger partial charge in [-0.05, 0) is 114 Å². The predicted molar refractivity (Wildman–Crippen MR) is 202 cm³/mol. The smallest absolute Gasteiger partial charge is 0.240 e. The number of aliphatic hydroxyl groups is 2. The van der Waals surface area contributed by atoms with E-state index in [0.29, 0.717) is 55.1 Å². The maximum atomic E-state index is 14.3. The van der Waals surface area contributed by atoms with Gasteiger partial charge in [-0.3, -0.25) is 19.2 Å². The molecule has 0 aromatic rings. The van der Waals surface area contributed by atoms with Gasteiger partial charge in [-0.25, -0.2) is 0 Å². The molecule has 14 atom stereocenters. The van der Waals surface area contributed by atoms with Crippen LogP contribution in [0.5, 0.6) is 0 Å². The number of ether oxygens (including phenoxy) is 1. The summed E-state index contributed by atoms with van der Waals surface area (Å²) in [6, 6.07) is -0.339. The van der Waals surface area contributed by atoms with Crippen molar-refractivity contribution in [1.29, 1.82) is 0 Å². The first-order valence-electron chi connectivity index (χ1n) is 21.0. The molecule has 0 radical (unpaired) electrons. The van der Waals surface area contributed by atoms with Crippen molar-refractivity contribution in [2.45, 2.75) is 135 Å². The Balaban J connectivity index is 1.12. The molecule has 7 rings (SSSR count). The van der Waals surface area contributed by atoms with Gasteiger partial charge in [0.2, 0.25) is 17.7 Å². The zero-order valence-corrected chi connectivity index (χ0v) is 33.7. The minimum absolute atomic E-state index is 0.0745. The molecule has 12 nitrogen and oxygen atoms in total. The zero-order chi connectivity index (χ0) is 38.2. The van der Waals surface area contributed by atoms with Crippen molar-refractivity contribution in [1.82, 2.24) is 25.5 Å². The lowest BCUT2D eigenvalue weighted by Gasteiger charge is -2.62. The SMILES string of the molecule is COC1C(CN2O[C@@H](CO)[C@@H]([C@H](C)O)[C@H]2C(=O)N[C@H]2C[C@H]3C[C@@H]([C@@H]2C)C3(C)C)CCCC1C1CC(C(=O)NCCCN2CCCC2=O)CC(N(C)C)C1. The second kappa shape index (κ2) is 17.1. The fourth-order valence-corrected chi connectivity index (χ4v) is 12.0. The number of aliphatic hydroxyl groups excluding tert-OH is 2. The van der Waals surface area contributed by atoms with Crippen LogP contribution >= 0.6 is 0 Å². The van der Waals surface area contributed by atoms with Crippen molar-refractivity contribution < 1.29 is 34.2 Å². The molecule has 12 heteroatoms. The maximum absolute atomic E-state index is 14.3. The number of nitrogens with zero attached hydrogens (tertiary/aromatic N) is 3. The van der Waals surface area contributed by atoms with Gasteiger partial charge in [0.05, 0.1) is 18.8 Å². The van der Waals surface area contributed by atoms with E-state index in [1.54, 1.807) is 19.1 Å². The third-order valence-electron chi connectivity index (χ3n) is 15.2. The average Bonchev–Trinajstić information content (AvgIpc) is 3.72. The summed E-state index contributed by atoms with van der Waals surface area (Å²) in [5, 5.41) is 29.7. The van der Waals surface area contributed by atoms with Gasteiger partial charge in [0, 0.05) is 69.5 Å². The fraction of sp³-hybridized carbons (Fsp3) is 0.927. The monoisotopic (exact) mass is 746 g/mol. The van der Waals surface area contributed by atoms with Gasteiger partial charge in [0.15, 0.2) is 0 Å². The van der Waals surface area contributed by atoms with E-state index in [9.17, 15) is 24.6 Å². The zero-order valence-electron chi connectivity index (χ0n) is 33.7. The molecular weight excluding hydrogens is 674 g/mol. The second-order valence-electron chi connectivity index (χ2n) is 18.7. The van der Waals surface area contributed by atoms with Crippen molar-refractivity contribution in [3.05, 3.63) is 0 Å². The summed E-state index contributed by atoms with van der Waals surface area (Å²) in [6.45, 7) is 11.0. The van der Waals surface area contributed by atoms with Gasteiger partial charge in [-0.2, -0.15) is 5.06 Å². The summed E-state index contributed by atoms with van der Waals surface area (Å²) >= 11 is 0. The quantitative estimate of drug-likeness (QED) is 0.198. The molecule has 4 N–H and O–H groups in total. The van der Waals surface area contributed by atoms with Gasteiger partial charge in [-0.15, -0.1) is 0 Å². The lowest BCUT2D eigenvalue weighted by Crippen LogP contribution is -2.62. The Morgan fingerprint density at radius 2 is 1.87 bits per heavy atom. The second-order valence-corrected chi connectivity index (χ2v) is 18.7. The molecule has 5 saturated carbocycles. The molecule has 7 fully saturated rings. The first kappa shape index (κ1) is 40.8. The summed E-state index contributed by atoms with van der Waals surface area (Å²) in [5.41, 5.74) is 0.310. The summed E-state index contributed by atoms with van der Waals surface area (Å²) in [4.78, 5) is 50.5. The Labute approximate surface area is 318 Å². The molecular formula is C41H71N5O7. The van der Waals surface area contributed by atoms with Crippen LogP contribution in [0.3, 0.4) is 0 Å². The Bertz CT molecular complexity index is 1280. The van der Waals surface area contributed by atoms with Crippen LogP contribution in [0.2, 0.25) is 0 Å². The molecule has 0 aromatic heterocycles. The normalized spacial score (nSPS) is 40.6. The number of hydroxylamine groups is 2. The number of carbonyl (C=O) groups excluding carboxylic acids is 3. The molecule has 53 heavy (non-hydrogen) atoms. The van der Waals surface area contributed by atoms with Crippen molar-refractivity contribution in [2.24, 2.45) is 52.8 Å². The Morgan fingerprint density at radius 1 is 1.09 bits per heavy atom. The molecule has 302 valence electrons. The van der Waals surface area contributed by atoms with Crippen molar-refractivity contribution in [3.8, 4) is 0 Å². The Hall–Kier alpha value is -1.83. The van der Waals surface area contributed by atoms with E-state index in [4.69, 9.17) is 9.57 Å². The highest BCUT2D eigenvalue weighted by molar-refractivity contribution is 5.83. The number of rotatable bonds is 14. The topological polar surface area (TPSA) is 144 Å². The van der Waals surface area contributed by atoms with E-state index in [-0.39, 0.29) is 60.3 Å². The van der Waals surface area contributed by atoms with E-state index < -0.39 is 24.2 Å². The average molecular weight is 746 g/mol. The van der Waals surface area contributed by atoms with Crippen LogP contribution in [0.15, 0.2) is 0 Å². The predicted octanol–water partition coefficient (Wildman–Crippen LogP) is 3.05. The number of carbonyl (C=O) groups is 3. The van der Waals surface area contributed by atoms with Gasteiger partial charge >= 0.3 is 0 Å². The number of nitrogens with one attached hydrogen (secondary N) is 2. The highest BCUT2D eigenvalue weighted by Gasteiger charge is 2.58. The van der Waals surface area contributed by atoms with Crippen LogP contribution in [0.25, 0.3) is 0 Å². The first-order chi connectivity index (χ1) is 25.2. The van der Waals surface area contributed by atoms with Gasteiger partial charge in [0.25, 0.3) is 0 Å². The van der Waals surface area contributed by atoms with Crippen LogP contribution < -0.4 is 10.6 Å². The van der Waals surface area contributed by atoms with Crippen molar-refractivity contribution in [3.63, 3.8) is 0 Å². The lowest BCUT2D eigenvalue weighted by atomic mass is 9.45. The molecule has 7 aliphatic rings. The van der Waals surface area contributed by atoms with E-state index in [1.165, 1.54) is 6.42 Å². The molecule has 2 aliphatic heterocycles. The first-order valence-corrected chi connectivity index (χ1v) is 21.0. The Morgan fingerprint density at radius 3 is 2.49 bits per heavy atom. The fourth-order valence-electron chi connectivity index (χ4n) is 12.0. The van der Waals surface area contributed by atoms with Gasteiger partial charge < -0.3 is 35.4 Å². The highest BCUT2D eigenvalue weighted by Crippen LogP contribution is 2.61. The number of amides is 3. The summed E-state index contributed by atoms with van der Waals surface area (Å²) in [6.07, 6.45) is 8.58. The number of likely N-dealkylation sites (tertiary alicyclic amines) is 1. The summed E-state index contributed by atoms with van der Waals surface area (Å²) < 4.78 is 6.38. The molecule has 0 aromatic carbocycles. The standard InChI is InChI=1S/C41H71N5O7/c1-24-32-20-29(41(32,3)4)21-33(24)43-40(51)37-36(25(2)48)34(23-47)53-46(37)22-26-11-8-12-31(38(26)52-7)27-17-28(19-30(18-27)44(5)6)39(50)42-14-10-16-45-15-9-13-35(45)49/h24-34,36-38,47-48H,8-23H2,1-7H3,(H,42,50)(H,43,51)/t24-,25-,26?,27?,28?,29+,30?,31?,32-,33-,34-,36+,37-,38?/m0/s1. The molecule has 3 amide bonds.